The summed E-state index contributed by atoms with van der Waals surface area (Å²) in [5.74, 6) is 1.49. The number of hydrogen-bond donors (Lipinski definition) is 3. The number of amides is 2. The lowest BCUT2D eigenvalue weighted by molar-refractivity contribution is -0.117. The molecule has 11 heteroatoms. The molecule has 43 heavy (non-hydrogen) atoms. The maximum Gasteiger partial charge on any atom is 0.251 e. The molecule has 0 radical (unpaired) electrons. The zero-order chi connectivity index (χ0) is 31.8. The molecule has 1 aromatic heterocycles. The van der Waals surface area contributed by atoms with Gasteiger partial charge in [-0.15, -0.1) is 0 Å². The van der Waals surface area contributed by atoms with E-state index in [4.69, 9.17) is 14.5 Å². The molecule has 1 aromatic carbocycles. The molecule has 1 aliphatic carbocycles. The molecule has 0 atom stereocenters. The van der Waals surface area contributed by atoms with Crippen LogP contribution in [0, 0.1) is 0 Å². The second-order valence-corrected chi connectivity index (χ2v) is 12.2. The van der Waals surface area contributed by atoms with Crippen LogP contribution in [0.4, 0.5) is 23.1 Å². The van der Waals surface area contributed by atoms with Crippen LogP contribution < -0.4 is 30.5 Å². The van der Waals surface area contributed by atoms with Gasteiger partial charge in [0.15, 0.2) is 5.82 Å². The molecule has 238 valence electrons. The van der Waals surface area contributed by atoms with E-state index in [0.29, 0.717) is 54.3 Å². The molecule has 0 unspecified atom stereocenters. The first-order valence-electron chi connectivity index (χ1n) is 15.4. The molecule has 1 saturated carbocycles. The third-order valence-electron chi connectivity index (χ3n) is 7.81. The van der Waals surface area contributed by atoms with Crippen molar-refractivity contribution < 1.29 is 19.1 Å². The minimum atomic E-state index is -0.465. The van der Waals surface area contributed by atoms with Crippen LogP contribution in [0.15, 0.2) is 24.4 Å². The highest BCUT2D eigenvalue weighted by molar-refractivity contribution is 6.02. The lowest BCUT2D eigenvalue weighted by Crippen LogP contribution is -2.48. The lowest BCUT2D eigenvalue weighted by Gasteiger charge is -2.37. The summed E-state index contributed by atoms with van der Waals surface area (Å²) in [6.45, 7) is 13.6. The second kappa shape index (κ2) is 14.8. The zero-order valence-electron chi connectivity index (χ0n) is 27.5. The van der Waals surface area contributed by atoms with Crippen molar-refractivity contribution in [3.05, 3.63) is 30.0 Å². The Kier molecular flexibility index (Phi) is 11.7. The summed E-state index contributed by atoms with van der Waals surface area (Å²) < 4.78 is 11.6. The van der Waals surface area contributed by atoms with Gasteiger partial charge in [-0.1, -0.05) is 26.7 Å². The highest BCUT2D eigenvalue weighted by Gasteiger charge is 2.34. The fourth-order valence-electron chi connectivity index (χ4n) is 5.41. The van der Waals surface area contributed by atoms with Crippen LogP contribution in [0.2, 0.25) is 0 Å². The van der Waals surface area contributed by atoms with Crippen LogP contribution >= 0.6 is 0 Å². The minimum absolute atomic E-state index is 0.0394. The summed E-state index contributed by atoms with van der Waals surface area (Å²) in [6, 6.07) is 5.54. The Morgan fingerprint density at radius 2 is 1.84 bits per heavy atom. The Morgan fingerprint density at radius 3 is 2.49 bits per heavy atom. The standard InChI is InChI=1S/C30H45N7O4.C2H6/c1-29(2,14-15-41-30(3,4)19-31-5)35-27(39)20-12-13-22(24(16-20)40-7)33-28-32-17-23-26(34-28)37(18-25(38)36(23)6)21-10-8-9-11-21;1-2/h12-13,16-17,21,31H,8-11,14-15,18-19H2,1-7H3,(H,35,39)(H,32,33,34);1-2H3. The molecule has 1 aliphatic heterocycles. The van der Waals surface area contributed by atoms with Gasteiger partial charge in [0.2, 0.25) is 11.9 Å². The van der Waals surface area contributed by atoms with Gasteiger partial charge in [-0.3, -0.25) is 9.59 Å². The molecule has 2 aromatic rings. The van der Waals surface area contributed by atoms with Crippen LogP contribution in [0.25, 0.3) is 0 Å². The number of hydrogen-bond acceptors (Lipinski definition) is 9. The average molecular weight is 598 g/mol. The fraction of sp³-hybridized carbons (Fsp3) is 0.625. The van der Waals surface area contributed by atoms with Gasteiger partial charge in [0.1, 0.15) is 11.4 Å². The molecule has 0 bridgehead atoms. The van der Waals surface area contributed by atoms with Gasteiger partial charge < -0.3 is 35.2 Å². The van der Waals surface area contributed by atoms with E-state index >= 15 is 0 Å². The third-order valence-corrected chi connectivity index (χ3v) is 7.81. The average Bonchev–Trinajstić information content (AvgIpc) is 3.50. The van der Waals surface area contributed by atoms with Gasteiger partial charge in [0.25, 0.3) is 5.91 Å². The summed E-state index contributed by atoms with van der Waals surface area (Å²) >= 11 is 0. The first-order chi connectivity index (χ1) is 20.4. The van der Waals surface area contributed by atoms with Crippen molar-refractivity contribution >= 4 is 35.0 Å². The molecule has 3 N–H and O–H groups in total. The second-order valence-electron chi connectivity index (χ2n) is 12.2. The Bertz CT molecular complexity index is 1240. The van der Waals surface area contributed by atoms with Crippen molar-refractivity contribution in [2.45, 2.75) is 90.8 Å². The van der Waals surface area contributed by atoms with Crippen molar-refractivity contribution in [2.24, 2.45) is 0 Å². The third kappa shape index (κ3) is 8.79. The number of methoxy groups -OCH3 is 1. The van der Waals surface area contributed by atoms with Crippen LogP contribution in [0.3, 0.4) is 0 Å². The van der Waals surface area contributed by atoms with Crippen molar-refractivity contribution in [3.63, 3.8) is 0 Å². The van der Waals surface area contributed by atoms with E-state index < -0.39 is 5.54 Å². The maximum absolute atomic E-state index is 13.1. The number of carbonyl (C=O) groups is 2. The molecule has 1 fully saturated rings. The Morgan fingerprint density at radius 1 is 1.14 bits per heavy atom. The smallest absolute Gasteiger partial charge is 0.251 e. The van der Waals surface area contributed by atoms with Gasteiger partial charge in [-0.2, -0.15) is 4.98 Å². The number of aromatic nitrogens is 2. The SMILES string of the molecule is CC.CNCC(C)(C)OCCC(C)(C)NC(=O)c1ccc(Nc2ncc3c(n2)N(C2CCCC2)CC(=O)N3C)c(OC)c1. The molecule has 2 aliphatic rings. The number of nitrogens with zero attached hydrogens (tertiary/aromatic N) is 4. The molecular weight excluding hydrogens is 546 g/mol. The topological polar surface area (TPSA) is 121 Å². The van der Waals surface area contributed by atoms with Crippen LogP contribution in [-0.4, -0.2) is 79.9 Å². The van der Waals surface area contributed by atoms with E-state index in [1.807, 2.05) is 48.6 Å². The van der Waals surface area contributed by atoms with Gasteiger partial charge in [0.05, 0.1) is 31.1 Å². The highest BCUT2D eigenvalue weighted by Crippen LogP contribution is 2.37. The van der Waals surface area contributed by atoms with Crippen molar-refractivity contribution in [1.29, 1.82) is 0 Å². The fourth-order valence-corrected chi connectivity index (χ4v) is 5.41. The van der Waals surface area contributed by atoms with E-state index in [0.717, 1.165) is 38.0 Å². The Labute approximate surface area is 257 Å². The van der Waals surface area contributed by atoms with Crippen LogP contribution in [0.5, 0.6) is 5.75 Å². The highest BCUT2D eigenvalue weighted by atomic mass is 16.5. The number of fused-ring (bicyclic) bond motifs is 1. The van der Waals surface area contributed by atoms with E-state index in [1.165, 1.54) is 0 Å². The first-order valence-corrected chi connectivity index (χ1v) is 15.4. The summed E-state index contributed by atoms with van der Waals surface area (Å²) in [5.41, 5.74) is 1.07. The van der Waals surface area contributed by atoms with Crippen LogP contribution in [-0.2, 0) is 9.53 Å². The minimum Gasteiger partial charge on any atom is -0.495 e. The van der Waals surface area contributed by atoms with E-state index in [-0.39, 0.29) is 17.4 Å². The summed E-state index contributed by atoms with van der Waals surface area (Å²) in [7, 11) is 5.22. The predicted molar refractivity (Wildman–Crippen MR) is 173 cm³/mol. The largest absolute Gasteiger partial charge is 0.495 e. The van der Waals surface area contributed by atoms with Gasteiger partial charge >= 0.3 is 0 Å². The van der Waals surface area contributed by atoms with Crippen molar-refractivity contribution in [1.82, 2.24) is 20.6 Å². The Balaban J connectivity index is 0.00000248. The van der Waals surface area contributed by atoms with Crippen molar-refractivity contribution in [3.8, 4) is 5.75 Å². The molecular formula is C32H51N7O4. The van der Waals surface area contributed by atoms with Crippen LogP contribution in [0.1, 0.15) is 84.0 Å². The Hall–Kier alpha value is -3.44. The first kappa shape index (κ1) is 34.1. The maximum atomic E-state index is 13.1. The van der Waals surface area contributed by atoms with Crippen molar-refractivity contribution in [2.75, 3.05) is 56.0 Å². The van der Waals surface area contributed by atoms with E-state index in [1.54, 1.807) is 43.5 Å². The molecule has 0 spiro atoms. The summed E-state index contributed by atoms with van der Waals surface area (Å²) in [6.07, 6.45) is 6.78. The number of benzene rings is 1. The summed E-state index contributed by atoms with van der Waals surface area (Å²) in [5, 5.41) is 9.49. The molecule has 2 heterocycles. The number of nitrogens with one attached hydrogen (secondary N) is 3. The van der Waals surface area contributed by atoms with E-state index in [2.05, 4.69) is 25.8 Å². The van der Waals surface area contributed by atoms with Gasteiger partial charge in [-0.05, 0) is 72.2 Å². The number of ether oxygens (including phenoxy) is 2. The normalized spacial score (nSPS) is 15.5. The molecule has 2 amide bonds. The number of anilines is 4. The predicted octanol–water partition coefficient (Wildman–Crippen LogP) is 4.89. The molecule has 4 rings (SSSR count). The summed E-state index contributed by atoms with van der Waals surface area (Å²) in [4.78, 5) is 38.8. The lowest BCUT2D eigenvalue weighted by atomic mass is 10.00. The van der Waals surface area contributed by atoms with E-state index in [9.17, 15) is 9.59 Å². The molecule has 11 nitrogen and oxygen atoms in total. The van der Waals surface area contributed by atoms with Gasteiger partial charge in [-0.25, -0.2) is 4.98 Å². The monoisotopic (exact) mass is 597 g/mol. The number of likely N-dealkylation sites (N-methyl/N-ethyl adjacent to an activating group) is 2. The number of carbonyl (C=O) groups excluding carboxylic acids is 2. The number of rotatable bonds is 12. The quantitative estimate of drug-likeness (QED) is 0.314. The molecule has 0 saturated heterocycles. The zero-order valence-corrected chi connectivity index (χ0v) is 27.5. The van der Waals surface area contributed by atoms with Gasteiger partial charge in [0, 0.05) is 37.3 Å².